The monoisotopic (exact) mass is 376 g/mol. The molecule has 1 fully saturated rings. The summed E-state index contributed by atoms with van der Waals surface area (Å²) >= 11 is 0. The Morgan fingerprint density at radius 3 is 1.30 bits per heavy atom. The van der Waals surface area contributed by atoms with Gasteiger partial charge in [-0.1, -0.05) is 24.3 Å². The normalized spacial score (nSPS) is 29.7. The van der Waals surface area contributed by atoms with Gasteiger partial charge in [0.2, 0.25) is 23.6 Å². The molecule has 0 aromatic heterocycles. The molecule has 0 saturated carbocycles. The molecule has 1 aliphatic heterocycles. The van der Waals surface area contributed by atoms with Crippen molar-refractivity contribution in [2.24, 2.45) is 5.41 Å². The Labute approximate surface area is 159 Å². The smallest absolute Gasteiger partial charge is 0.245 e. The van der Waals surface area contributed by atoms with Gasteiger partial charge in [-0.25, -0.2) is 0 Å². The standard InChI is InChI=1S/C19H28N4O4/c1-17(2)13(24)22-18(3,4)15(26)20-11-9-7-8-10-12(11)21-16(27)19(5,6)23-14(17)25/h7-12H,1-6H3,(H,20,26)(H,21,27)(H,22,24)(H,23,25). The first-order valence-corrected chi connectivity index (χ1v) is 8.89. The van der Waals surface area contributed by atoms with Gasteiger partial charge in [0, 0.05) is 0 Å². The molecular weight excluding hydrogens is 348 g/mol. The maximum Gasteiger partial charge on any atom is 0.245 e. The van der Waals surface area contributed by atoms with Gasteiger partial charge in [0.25, 0.3) is 0 Å². The Morgan fingerprint density at radius 1 is 0.630 bits per heavy atom. The molecule has 2 unspecified atom stereocenters. The van der Waals surface area contributed by atoms with Crippen LogP contribution in [0.1, 0.15) is 41.5 Å². The summed E-state index contributed by atoms with van der Waals surface area (Å²) < 4.78 is 0. The molecule has 8 nitrogen and oxygen atoms in total. The van der Waals surface area contributed by atoms with Crippen molar-refractivity contribution in [2.75, 3.05) is 0 Å². The average molecular weight is 376 g/mol. The van der Waals surface area contributed by atoms with Crippen LogP contribution in [0.4, 0.5) is 0 Å². The van der Waals surface area contributed by atoms with Crippen molar-refractivity contribution in [3.05, 3.63) is 24.3 Å². The molecule has 1 heterocycles. The van der Waals surface area contributed by atoms with Crippen LogP contribution in [0.15, 0.2) is 24.3 Å². The summed E-state index contributed by atoms with van der Waals surface area (Å²) in [7, 11) is 0. The second kappa shape index (κ2) is 6.83. The Morgan fingerprint density at radius 2 is 0.963 bits per heavy atom. The van der Waals surface area contributed by atoms with Crippen LogP contribution in [0.25, 0.3) is 0 Å². The van der Waals surface area contributed by atoms with Crippen LogP contribution in [0.5, 0.6) is 0 Å². The lowest BCUT2D eigenvalue weighted by atomic mass is 9.88. The molecule has 2 aliphatic rings. The summed E-state index contributed by atoms with van der Waals surface area (Å²) in [5.74, 6) is -2.05. The van der Waals surface area contributed by atoms with E-state index in [0.717, 1.165) is 0 Å². The number of fused-ring (bicyclic) bond motifs is 1. The molecule has 4 N–H and O–H groups in total. The van der Waals surface area contributed by atoms with Crippen LogP contribution in [0.2, 0.25) is 0 Å². The second-order valence-electron chi connectivity index (χ2n) is 8.55. The minimum absolute atomic E-state index is 0.422. The third-order valence-electron chi connectivity index (χ3n) is 4.85. The van der Waals surface area contributed by atoms with Crippen molar-refractivity contribution >= 4 is 23.6 Å². The summed E-state index contributed by atoms with van der Waals surface area (Å²) in [5.41, 5.74) is -3.97. The highest BCUT2D eigenvalue weighted by atomic mass is 16.2. The first-order chi connectivity index (χ1) is 12.3. The maximum absolute atomic E-state index is 12.7. The van der Waals surface area contributed by atoms with Crippen molar-refractivity contribution in [1.29, 1.82) is 0 Å². The van der Waals surface area contributed by atoms with Crippen LogP contribution < -0.4 is 21.3 Å². The van der Waals surface area contributed by atoms with Gasteiger partial charge in [-0.15, -0.1) is 0 Å². The quantitative estimate of drug-likeness (QED) is 0.442. The third-order valence-corrected chi connectivity index (χ3v) is 4.85. The van der Waals surface area contributed by atoms with Crippen LogP contribution in [0, 0.1) is 5.41 Å². The van der Waals surface area contributed by atoms with Crippen LogP contribution in [-0.4, -0.2) is 46.8 Å². The fraction of sp³-hybridized carbons (Fsp3) is 0.579. The predicted octanol–water partition coefficient (Wildman–Crippen LogP) is -0.0886. The molecule has 2 atom stereocenters. The fourth-order valence-corrected chi connectivity index (χ4v) is 2.64. The van der Waals surface area contributed by atoms with Gasteiger partial charge >= 0.3 is 0 Å². The molecule has 2 rings (SSSR count). The molecular formula is C19H28N4O4. The second-order valence-corrected chi connectivity index (χ2v) is 8.55. The maximum atomic E-state index is 12.7. The number of carbonyl (C=O) groups is 4. The van der Waals surface area contributed by atoms with Gasteiger partial charge in [-0.2, -0.15) is 0 Å². The largest absolute Gasteiger partial charge is 0.345 e. The van der Waals surface area contributed by atoms with E-state index in [1.165, 1.54) is 13.8 Å². The molecule has 148 valence electrons. The number of carbonyl (C=O) groups excluding carboxylic acids is 4. The van der Waals surface area contributed by atoms with Gasteiger partial charge in [0.1, 0.15) is 16.5 Å². The lowest BCUT2D eigenvalue weighted by Crippen LogP contribution is -2.62. The molecule has 0 bridgehead atoms. The highest BCUT2D eigenvalue weighted by molar-refractivity contribution is 6.07. The van der Waals surface area contributed by atoms with E-state index in [1.54, 1.807) is 52.0 Å². The highest BCUT2D eigenvalue weighted by Crippen LogP contribution is 2.21. The molecule has 0 spiro atoms. The summed E-state index contributed by atoms with van der Waals surface area (Å²) in [4.78, 5) is 50.9. The zero-order valence-electron chi connectivity index (χ0n) is 16.6. The van der Waals surface area contributed by atoms with Gasteiger partial charge in [0.05, 0.1) is 12.1 Å². The van der Waals surface area contributed by atoms with Gasteiger partial charge in [-0.05, 0) is 41.5 Å². The van der Waals surface area contributed by atoms with E-state index < -0.39 is 52.2 Å². The third kappa shape index (κ3) is 4.20. The number of amides is 4. The van der Waals surface area contributed by atoms with E-state index in [9.17, 15) is 19.2 Å². The summed E-state index contributed by atoms with van der Waals surface area (Å²) in [6.07, 6.45) is 7.06. The summed E-state index contributed by atoms with van der Waals surface area (Å²) in [5, 5.41) is 11.0. The molecule has 1 aliphatic carbocycles. The zero-order valence-corrected chi connectivity index (χ0v) is 16.6. The number of nitrogens with one attached hydrogen (secondary N) is 4. The van der Waals surface area contributed by atoms with Crippen molar-refractivity contribution in [2.45, 2.75) is 64.7 Å². The molecule has 1 saturated heterocycles. The Kier molecular flexibility index (Phi) is 5.23. The number of rotatable bonds is 0. The van der Waals surface area contributed by atoms with Gasteiger partial charge in [-0.3, -0.25) is 19.2 Å². The first-order valence-electron chi connectivity index (χ1n) is 8.89. The van der Waals surface area contributed by atoms with Crippen LogP contribution >= 0.6 is 0 Å². The first kappa shape index (κ1) is 20.7. The fourth-order valence-electron chi connectivity index (χ4n) is 2.64. The highest BCUT2D eigenvalue weighted by Gasteiger charge is 2.44. The summed E-state index contributed by atoms with van der Waals surface area (Å²) in [6.45, 7) is 9.15. The van der Waals surface area contributed by atoms with E-state index in [-0.39, 0.29) is 0 Å². The number of hydrogen-bond donors (Lipinski definition) is 4. The number of hydrogen-bond acceptors (Lipinski definition) is 4. The summed E-state index contributed by atoms with van der Waals surface area (Å²) in [6, 6.07) is -0.967. The molecule has 4 amide bonds. The molecule has 0 aromatic rings. The minimum atomic E-state index is -1.48. The van der Waals surface area contributed by atoms with Crippen molar-refractivity contribution < 1.29 is 19.2 Å². The Balaban J connectivity index is 2.45. The topological polar surface area (TPSA) is 116 Å². The van der Waals surface area contributed by atoms with E-state index in [0.29, 0.717) is 0 Å². The molecule has 0 aromatic carbocycles. The van der Waals surface area contributed by atoms with Gasteiger partial charge in [0.15, 0.2) is 0 Å². The minimum Gasteiger partial charge on any atom is -0.345 e. The Hall–Kier alpha value is -2.64. The number of allylic oxidation sites excluding steroid dienone is 2. The van der Waals surface area contributed by atoms with Crippen LogP contribution in [-0.2, 0) is 19.2 Å². The van der Waals surface area contributed by atoms with E-state index in [4.69, 9.17) is 0 Å². The van der Waals surface area contributed by atoms with Gasteiger partial charge < -0.3 is 21.3 Å². The van der Waals surface area contributed by atoms with Crippen molar-refractivity contribution in [3.63, 3.8) is 0 Å². The van der Waals surface area contributed by atoms with Crippen molar-refractivity contribution in [3.8, 4) is 0 Å². The lowest BCUT2D eigenvalue weighted by Gasteiger charge is -2.32. The van der Waals surface area contributed by atoms with E-state index in [2.05, 4.69) is 21.3 Å². The molecule has 27 heavy (non-hydrogen) atoms. The van der Waals surface area contributed by atoms with Crippen molar-refractivity contribution in [1.82, 2.24) is 21.3 Å². The zero-order chi connectivity index (χ0) is 20.6. The van der Waals surface area contributed by atoms with Crippen LogP contribution in [0.3, 0.4) is 0 Å². The Bertz CT molecular complexity index is 674. The van der Waals surface area contributed by atoms with E-state index in [1.807, 2.05) is 0 Å². The average Bonchev–Trinajstić information content (AvgIpc) is 2.54. The molecule has 0 radical (unpaired) electrons. The lowest BCUT2D eigenvalue weighted by molar-refractivity contribution is -0.146. The van der Waals surface area contributed by atoms with E-state index >= 15 is 0 Å². The SMILES string of the molecule is CC1(C)NC(=O)C(C)(C)C(=O)NC(C)(C)C(=O)NC2C=CC=CC2NC1=O. The predicted molar refractivity (Wildman–Crippen MR) is 100 cm³/mol. The molecule has 8 heteroatoms.